The fourth-order valence-electron chi connectivity index (χ4n) is 3.55. The summed E-state index contributed by atoms with van der Waals surface area (Å²) in [6.45, 7) is 0.649. The van der Waals surface area contributed by atoms with E-state index in [1.165, 1.54) is 6.33 Å². The van der Waals surface area contributed by atoms with Gasteiger partial charge in [-0.05, 0) is 59.7 Å². The Labute approximate surface area is 215 Å². The Kier molecular flexibility index (Phi) is 6.63. The van der Waals surface area contributed by atoms with Crippen LogP contribution in [-0.2, 0) is 6.54 Å². The van der Waals surface area contributed by atoms with Gasteiger partial charge in [-0.2, -0.15) is 5.10 Å². The molecule has 0 spiro atoms. The molecule has 0 atom stereocenters. The van der Waals surface area contributed by atoms with Crippen LogP contribution in [0.1, 0.15) is 17.0 Å². The highest BCUT2D eigenvalue weighted by Crippen LogP contribution is 2.30. The van der Waals surface area contributed by atoms with Crippen LogP contribution in [0.3, 0.4) is 0 Å². The first kappa shape index (κ1) is 22.6. The molecule has 5 nitrogen and oxygen atoms in total. The lowest BCUT2D eigenvalue weighted by atomic mass is 10.1. The molecule has 0 aliphatic heterocycles. The van der Waals surface area contributed by atoms with Crippen LogP contribution in [0.25, 0.3) is 29.1 Å². The maximum atomic E-state index is 6.47. The Balaban J connectivity index is 1.48. The van der Waals surface area contributed by atoms with Crippen LogP contribution in [0, 0.1) is 0 Å². The Morgan fingerprint density at radius 2 is 1.71 bits per heavy atom. The lowest BCUT2D eigenvalue weighted by molar-refractivity contribution is 0.786. The van der Waals surface area contributed by atoms with E-state index >= 15 is 0 Å². The first-order valence-corrected chi connectivity index (χ1v) is 12.0. The Morgan fingerprint density at radius 1 is 0.912 bits per heavy atom. The van der Waals surface area contributed by atoms with Gasteiger partial charge >= 0.3 is 0 Å². The largest absolute Gasteiger partial charge is 0.326 e. The molecule has 0 saturated carbocycles. The summed E-state index contributed by atoms with van der Waals surface area (Å²) < 4.78 is 4.88. The van der Waals surface area contributed by atoms with Crippen molar-refractivity contribution in [1.82, 2.24) is 24.3 Å². The molecule has 0 amide bonds. The molecule has 0 fully saturated rings. The highest BCUT2D eigenvalue weighted by atomic mass is 79.9. The van der Waals surface area contributed by atoms with Crippen LogP contribution in [0.4, 0.5) is 0 Å². The number of aromatic nitrogens is 5. The van der Waals surface area contributed by atoms with E-state index in [0.29, 0.717) is 16.6 Å². The van der Waals surface area contributed by atoms with Gasteiger partial charge in [0.2, 0.25) is 0 Å². The van der Waals surface area contributed by atoms with Crippen LogP contribution in [0.2, 0.25) is 10.0 Å². The number of benzene rings is 3. The molecule has 0 saturated heterocycles. The van der Waals surface area contributed by atoms with Crippen molar-refractivity contribution in [2.75, 3.05) is 0 Å². The summed E-state index contributed by atoms with van der Waals surface area (Å²) in [5.41, 5.74) is 4.80. The fourth-order valence-corrected chi connectivity index (χ4v) is 4.32. The van der Waals surface area contributed by atoms with E-state index in [-0.39, 0.29) is 0 Å². The lowest BCUT2D eigenvalue weighted by Gasteiger charge is -2.07. The van der Waals surface area contributed by atoms with E-state index < -0.39 is 0 Å². The van der Waals surface area contributed by atoms with E-state index in [1.54, 1.807) is 17.1 Å². The van der Waals surface area contributed by atoms with E-state index in [0.717, 1.165) is 38.4 Å². The zero-order chi connectivity index (χ0) is 23.5. The fraction of sp³-hybridized carbons (Fsp3) is 0.0385. The molecule has 168 valence electrons. The normalized spacial score (nSPS) is 11.4. The second-order valence-electron chi connectivity index (χ2n) is 7.63. The number of imidazole rings is 1. The monoisotopic (exact) mass is 549 g/mol. The van der Waals surface area contributed by atoms with Crippen molar-refractivity contribution in [3.63, 3.8) is 0 Å². The van der Waals surface area contributed by atoms with Crippen molar-refractivity contribution in [3.05, 3.63) is 117 Å². The number of nitrogens with zero attached hydrogens (tertiary/aromatic N) is 5. The van der Waals surface area contributed by atoms with Gasteiger partial charge in [0, 0.05) is 27.8 Å². The van der Waals surface area contributed by atoms with Gasteiger partial charge in [0.25, 0.3) is 0 Å². The number of hydrogen-bond acceptors (Lipinski definition) is 3. The molecule has 0 aliphatic carbocycles. The third-order valence-corrected chi connectivity index (χ3v) is 6.36. The lowest BCUT2D eigenvalue weighted by Crippen LogP contribution is -2.01. The second kappa shape index (κ2) is 9.97. The Bertz CT molecular complexity index is 1440. The topological polar surface area (TPSA) is 48.5 Å². The Morgan fingerprint density at radius 3 is 2.41 bits per heavy atom. The van der Waals surface area contributed by atoms with Gasteiger partial charge in [-0.1, -0.05) is 69.5 Å². The minimum atomic E-state index is 0.567. The first-order valence-electron chi connectivity index (χ1n) is 10.5. The molecule has 0 N–H and O–H groups in total. The quantitative estimate of drug-likeness (QED) is 0.221. The molecule has 3 aromatic carbocycles. The maximum absolute atomic E-state index is 6.47. The van der Waals surface area contributed by atoms with Crippen molar-refractivity contribution in [2.45, 2.75) is 6.54 Å². The van der Waals surface area contributed by atoms with Gasteiger partial charge in [-0.15, -0.1) is 0 Å². The second-order valence-corrected chi connectivity index (χ2v) is 9.39. The maximum Gasteiger partial charge on any atom is 0.138 e. The summed E-state index contributed by atoms with van der Waals surface area (Å²) in [7, 11) is 0. The van der Waals surface area contributed by atoms with E-state index in [4.69, 9.17) is 28.2 Å². The smallest absolute Gasteiger partial charge is 0.138 e. The molecular weight excluding hydrogens is 533 g/mol. The summed E-state index contributed by atoms with van der Waals surface area (Å²) in [5.74, 6) is 0.823. The van der Waals surface area contributed by atoms with Crippen molar-refractivity contribution in [2.24, 2.45) is 0 Å². The van der Waals surface area contributed by atoms with Gasteiger partial charge in [0.1, 0.15) is 18.5 Å². The molecule has 5 rings (SSSR count). The van der Waals surface area contributed by atoms with Crippen LogP contribution in [-0.4, -0.2) is 24.3 Å². The van der Waals surface area contributed by atoms with Crippen LogP contribution in [0.15, 0.2) is 90.1 Å². The molecule has 2 aromatic heterocycles. The third-order valence-electron chi connectivity index (χ3n) is 5.28. The average molecular weight is 551 g/mol. The highest BCUT2D eigenvalue weighted by Gasteiger charge is 2.12. The summed E-state index contributed by atoms with van der Waals surface area (Å²) in [6.07, 6.45) is 9.28. The van der Waals surface area contributed by atoms with Gasteiger partial charge in [-0.3, -0.25) is 0 Å². The number of rotatable bonds is 6. The molecule has 0 bridgehead atoms. The molecule has 0 aliphatic rings. The van der Waals surface area contributed by atoms with Gasteiger partial charge in [-0.25, -0.2) is 14.6 Å². The van der Waals surface area contributed by atoms with Gasteiger partial charge in [0.15, 0.2) is 0 Å². The van der Waals surface area contributed by atoms with Crippen LogP contribution < -0.4 is 0 Å². The predicted octanol–water partition coefficient (Wildman–Crippen LogP) is 7.42. The Hall–Kier alpha value is -3.19. The summed E-state index contributed by atoms with van der Waals surface area (Å²) in [4.78, 5) is 8.88. The van der Waals surface area contributed by atoms with E-state index in [9.17, 15) is 0 Å². The zero-order valence-electron chi connectivity index (χ0n) is 17.8. The highest BCUT2D eigenvalue weighted by molar-refractivity contribution is 9.10. The third kappa shape index (κ3) is 5.14. The summed E-state index contributed by atoms with van der Waals surface area (Å²) in [6, 6.07) is 21.8. The van der Waals surface area contributed by atoms with E-state index in [2.05, 4.69) is 42.7 Å². The van der Waals surface area contributed by atoms with E-state index in [1.807, 2.05) is 66.9 Å². The minimum Gasteiger partial charge on any atom is -0.326 e. The SMILES string of the molecule is Clc1ccc(-c2cn(Cc3ccc(-n4cncn4)cc3)c(/C=C/c3ccc(Br)cc3)n2)c(Cl)c1. The first-order chi connectivity index (χ1) is 16.5. The summed E-state index contributed by atoms with van der Waals surface area (Å²) in [5, 5.41) is 5.34. The molecule has 34 heavy (non-hydrogen) atoms. The van der Waals surface area contributed by atoms with Gasteiger partial charge < -0.3 is 4.57 Å². The molecule has 0 unspecified atom stereocenters. The van der Waals surface area contributed by atoms with Crippen molar-refractivity contribution in [1.29, 1.82) is 0 Å². The van der Waals surface area contributed by atoms with Crippen LogP contribution in [0.5, 0.6) is 0 Å². The zero-order valence-corrected chi connectivity index (χ0v) is 20.9. The predicted molar refractivity (Wildman–Crippen MR) is 141 cm³/mol. The molecule has 8 heteroatoms. The van der Waals surface area contributed by atoms with Crippen LogP contribution >= 0.6 is 39.1 Å². The molecular formula is C26H18BrCl2N5. The standard InChI is InChI=1S/C26H18BrCl2N5/c27-20-6-1-18(2-7-20)5-12-26-32-25(23-11-8-21(28)13-24(23)29)15-33(26)14-19-3-9-22(10-4-19)34-17-30-16-31-34/h1-13,15-17H,14H2/b12-5+. The molecule has 2 heterocycles. The molecule has 5 aromatic rings. The minimum absolute atomic E-state index is 0.567. The molecule has 0 radical (unpaired) electrons. The number of hydrogen-bond donors (Lipinski definition) is 0. The summed E-state index contributed by atoms with van der Waals surface area (Å²) >= 11 is 16.0. The number of halogens is 3. The van der Waals surface area contributed by atoms with Crippen molar-refractivity contribution >= 4 is 51.3 Å². The van der Waals surface area contributed by atoms with Crippen molar-refractivity contribution < 1.29 is 0 Å². The van der Waals surface area contributed by atoms with Crippen molar-refractivity contribution in [3.8, 4) is 16.9 Å². The average Bonchev–Trinajstić information content (AvgIpc) is 3.50. The van der Waals surface area contributed by atoms with Gasteiger partial charge in [0.05, 0.1) is 16.4 Å².